The average Bonchev–Trinajstić information content (AvgIpc) is 3.28. The molecule has 2 fully saturated rings. The maximum atomic E-state index is 9.73. The van der Waals surface area contributed by atoms with Crippen molar-refractivity contribution in [2.45, 2.75) is 44.2 Å². The van der Waals surface area contributed by atoms with Crippen LogP contribution in [0.4, 0.5) is 17.5 Å². The zero-order chi connectivity index (χ0) is 18.9. The van der Waals surface area contributed by atoms with Gasteiger partial charge in [0.25, 0.3) is 0 Å². The van der Waals surface area contributed by atoms with Crippen molar-refractivity contribution >= 4 is 17.5 Å². The number of aromatic nitrogens is 4. The van der Waals surface area contributed by atoms with Crippen LogP contribution in [0.2, 0.25) is 0 Å². The summed E-state index contributed by atoms with van der Waals surface area (Å²) in [4.78, 5) is 11.2. The van der Waals surface area contributed by atoms with Gasteiger partial charge in [0.15, 0.2) is 5.82 Å². The van der Waals surface area contributed by atoms with Crippen molar-refractivity contribution in [1.82, 2.24) is 20.2 Å². The fourth-order valence-electron chi connectivity index (χ4n) is 4.08. The monoisotopic (exact) mass is 376 g/mol. The van der Waals surface area contributed by atoms with E-state index >= 15 is 0 Å². The Morgan fingerprint density at radius 2 is 2.00 bits per heavy atom. The van der Waals surface area contributed by atoms with Crippen LogP contribution < -0.4 is 10.2 Å². The van der Waals surface area contributed by atoms with Gasteiger partial charge in [-0.2, -0.15) is 5.10 Å². The maximum absolute atomic E-state index is 9.73. The highest BCUT2D eigenvalue weighted by molar-refractivity contribution is 5.58. The molecule has 7 nitrogen and oxygen atoms in total. The molecule has 0 radical (unpaired) electrons. The topological polar surface area (TPSA) is 90.0 Å². The molecule has 1 aliphatic carbocycles. The summed E-state index contributed by atoms with van der Waals surface area (Å²) in [5.41, 5.74) is 3.35. The van der Waals surface area contributed by atoms with Gasteiger partial charge in [0.05, 0.1) is 12.6 Å². The molecule has 1 aliphatic heterocycles. The number of aliphatic hydroxyl groups is 1. The molecule has 28 heavy (non-hydrogen) atoms. The van der Waals surface area contributed by atoms with Crippen LogP contribution in [0.3, 0.4) is 0 Å². The lowest BCUT2D eigenvalue weighted by atomic mass is 9.99. The standard InChI is InChI=1S/C21H24N6O/c28-12-15-4-1-2-5-16(15)18-6-3-9-27(18)21-11-19(22-13-23-21)24-20-10-17(25-26-20)14-7-8-14/h1-2,4-5,10-11,13-14,18,28H,3,6-9,12H2,(H2,22,23,24,25,26). The van der Waals surface area contributed by atoms with Gasteiger partial charge < -0.3 is 15.3 Å². The molecule has 0 bridgehead atoms. The summed E-state index contributed by atoms with van der Waals surface area (Å²) in [7, 11) is 0. The van der Waals surface area contributed by atoms with E-state index in [4.69, 9.17) is 0 Å². The Morgan fingerprint density at radius 3 is 2.86 bits per heavy atom. The largest absolute Gasteiger partial charge is 0.392 e. The Kier molecular flexibility index (Phi) is 4.44. The molecule has 5 rings (SSSR count). The summed E-state index contributed by atoms with van der Waals surface area (Å²) in [6, 6.07) is 12.4. The minimum absolute atomic E-state index is 0.0551. The first-order valence-corrected chi connectivity index (χ1v) is 9.91. The Labute approximate surface area is 163 Å². The lowest BCUT2D eigenvalue weighted by Crippen LogP contribution is -2.24. The second-order valence-electron chi connectivity index (χ2n) is 7.58. The van der Waals surface area contributed by atoms with Crippen LogP contribution in [0.1, 0.15) is 54.5 Å². The lowest BCUT2D eigenvalue weighted by Gasteiger charge is -2.27. The quantitative estimate of drug-likeness (QED) is 0.608. The highest BCUT2D eigenvalue weighted by Gasteiger charge is 2.29. The fraction of sp³-hybridized carbons (Fsp3) is 0.381. The minimum atomic E-state index is 0.0551. The van der Waals surface area contributed by atoms with Gasteiger partial charge in [-0.15, -0.1) is 0 Å². The number of hydrogen-bond acceptors (Lipinski definition) is 6. The molecule has 1 saturated carbocycles. The fourth-order valence-corrected chi connectivity index (χ4v) is 4.08. The smallest absolute Gasteiger partial charge is 0.153 e. The SMILES string of the molecule is OCc1ccccc1C1CCCN1c1cc(Nc2cc(C3CC3)[nH]n2)ncn1. The molecule has 2 aliphatic rings. The molecule has 144 valence electrons. The highest BCUT2D eigenvalue weighted by Crippen LogP contribution is 2.40. The summed E-state index contributed by atoms with van der Waals surface area (Å²) in [6.45, 7) is 0.995. The zero-order valence-corrected chi connectivity index (χ0v) is 15.7. The van der Waals surface area contributed by atoms with Crippen molar-refractivity contribution < 1.29 is 5.11 Å². The molecule has 2 aromatic heterocycles. The lowest BCUT2D eigenvalue weighted by molar-refractivity contribution is 0.280. The van der Waals surface area contributed by atoms with Gasteiger partial charge in [0, 0.05) is 30.3 Å². The number of aromatic amines is 1. The van der Waals surface area contributed by atoms with Gasteiger partial charge in [-0.25, -0.2) is 9.97 Å². The summed E-state index contributed by atoms with van der Waals surface area (Å²) >= 11 is 0. The molecule has 3 N–H and O–H groups in total. The Morgan fingerprint density at radius 1 is 1.11 bits per heavy atom. The van der Waals surface area contributed by atoms with Gasteiger partial charge in [-0.3, -0.25) is 5.10 Å². The number of anilines is 3. The van der Waals surface area contributed by atoms with Crippen LogP contribution in [-0.2, 0) is 6.61 Å². The van der Waals surface area contributed by atoms with E-state index < -0.39 is 0 Å². The maximum Gasteiger partial charge on any atom is 0.153 e. The van der Waals surface area contributed by atoms with Crippen LogP contribution in [0.15, 0.2) is 42.7 Å². The van der Waals surface area contributed by atoms with Gasteiger partial charge in [-0.05, 0) is 36.8 Å². The van der Waals surface area contributed by atoms with Crippen molar-refractivity contribution in [3.63, 3.8) is 0 Å². The minimum Gasteiger partial charge on any atom is -0.392 e. The van der Waals surface area contributed by atoms with E-state index in [1.54, 1.807) is 6.33 Å². The van der Waals surface area contributed by atoms with Crippen molar-refractivity contribution in [3.8, 4) is 0 Å². The van der Waals surface area contributed by atoms with Gasteiger partial charge >= 0.3 is 0 Å². The van der Waals surface area contributed by atoms with Crippen molar-refractivity contribution in [3.05, 3.63) is 59.5 Å². The van der Waals surface area contributed by atoms with Crippen LogP contribution in [0.25, 0.3) is 0 Å². The molecule has 0 spiro atoms. The summed E-state index contributed by atoms with van der Waals surface area (Å²) in [6.07, 6.45) is 6.23. The number of benzene rings is 1. The summed E-state index contributed by atoms with van der Waals surface area (Å²) in [5.74, 6) is 3.06. The normalized spacial score (nSPS) is 19.2. The molecule has 0 amide bonds. The highest BCUT2D eigenvalue weighted by atomic mass is 16.3. The van der Waals surface area contributed by atoms with E-state index in [2.05, 4.69) is 42.5 Å². The van der Waals surface area contributed by atoms with Crippen LogP contribution in [0.5, 0.6) is 0 Å². The second kappa shape index (κ2) is 7.24. The third kappa shape index (κ3) is 3.33. The molecule has 3 aromatic rings. The third-order valence-electron chi connectivity index (χ3n) is 5.66. The van der Waals surface area contributed by atoms with E-state index in [0.717, 1.165) is 42.4 Å². The molecule has 1 aromatic carbocycles. The van der Waals surface area contributed by atoms with Crippen molar-refractivity contribution in [2.75, 3.05) is 16.8 Å². The number of hydrogen-bond donors (Lipinski definition) is 3. The zero-order valence-electron chi connectivity index (χ0n) is 15.7. The molecule has 1 saturated heterocycles. The van der Waals surface area contributed by atoms with Gasteiger partial charge in [-0.1, -0.05) is 24.3 Å². The number of aliphatic hydroxyl groups excluding tert-OH is 1. The van der Waals surface area contributed by atoms with Crippen LogP contribution in [-0.4, -0.2) is 31.8 Å². The van der Waals surface area contributed by atoms with E-state index in [-0.39, 0.29) is 12.6 Å². The van der Waals surface area contributed by atoms with Crippen LogP contribution in [0, 0.1) is 0 Å². The average molecular weight is 376 g/mol. The van der Waals surface area contributed by atoms with Gasteiger partial charge in [0.1, 0.15) is 18.0 Å². The van der Waals surface area contributed by atoms with E-state index in [0.29, 0.717) is 5.92 Å². The summed E-state index contributed by atoms with van der Waals surface area (Å²) in [5, 5.41) is 20.5. The molecule has 1 atom stereocenters. The first-order valence-electron chi connectivity index (χ1n) is 9.91. The molecule has 3 heterocycles. The predicted molar refractivity (Wildman–Crippen MR) is 108 cm³/mol. The first kappa shape index (κ1) is 17.2. The van der Waals surface area contributed by atoms with E-state index in [1.807, 2.05) is 24.3 Å². The molecule has 7 heteroatoms. The molecule has 1 unspecified atom stereocenters. The van der Waals surface area contributed by atoms with E-state index in [9.17, 15) is 5.11 Å². The van der Waals surface area contributed by atoms with E-state index in [1.165, 1.54) is 24.1 Å². The second-order valence-corrected chi connectivity index (χ2v) is 7.58. The number of nitrogens with zero attached hydrogens (tertiary/aromatic N) is 4. The number of H-pyrrole nitrogens is 1. The molecular formula is C21H24N6O. The Bertz CT molecular complexity index is 967. The third-order valence-corrected chi connectivity index (χ3v) is 5.66. The van der Waals surface area contributed by atoms with Crippen molar-refractivity contribution in [2.24, 2.45) is 0 Å². The number of rotatable bonds is 6. The molecular weight excluding hydrogens is 352 g/mol. The van der Waals surface area contributed by atoms with Crippen LogP contribution >= 0.6 is 0 Å². The van der Waals surface area contributed by atoms with Crippen molar-refractivity contribution in [1.29, 1.82) is 0 Å². The number of nitrogens with one attached hydrogen (secondary N) is 2. The Balaban J connectivity index is 1.38. The summed E-state index contributed by atoms with van der Waals surface area (Å²) < 4.78 is 0. The first-order chi connectivity index (χ1) is 13.8. The predicted octanol–water partition coefficient (Wildman–Crippen LogP) is 3.65. The Hall–Kier alpha value is -2.93. The van der Waals surface area contributed by atoms with Gasteiger partial charge in [0.2, 0.25) is 0 Å².